The first kappa shape index (κ1) is 15.1. The molecule has 1 aliphatic rings. The van der Waals surface area contributed by atoms with Crippen molar-refractivity contribution in [2.24, 2.45) is 7.05 Å². The predicted octanol–water partition coefficient (Wildman–Crippen LogP) is 3.00. The third kappa shape index (κ3) is 2.26. The molecule has 1 aliphatic carbocycles. The second kappa shape index (κ2) is 5.29. The van der Waals surface area contributed by atoms with Crippen molar-refractivity contribution in [2.75, 3.05) is 5.32 Å². The zero-order valence-corrected chi connectivity index (χ0v) is 14.8. The zero-order valence-electron chi connectivity index (χ0n) is 14.8. The van der Waals surface area contributed by atoms with Crippen molar-refractivity contribution < 1.29 is 0 Å². The maximum Gasteiger partial charge on any atom is 0.166 e. The van der Waals surface area contributed by atoms with E-state index in [1.807, 2.05) is 18.7 Å². The van der Waals surface area contributed by atoms with Gasteiger partial charge in [0.1, 0.15) is 12.2 Å². The molecular weight excluding hydrogens is 302 g/mol. The Labute approximate surface area is 141 Å². The number of aromatic nitrogens is 6. The van der Waals surface area contributed by atoms with Gasteiger partial charge in [0.2, 0.25) is 0 Å². The minimum absolute atomic E-state index is 0.243. The van der Waals surface area contributed by atoms with Gasteiger partial charge in [0.05, 0.1) is 11.3 Å². The molecule has 0 atom stereocenters. The van der Waals surface area contributed by atoms with E-state index in [1.165, 1.54) is 12.8 Å². The van der Waals surface area contributed by atoms with E-state index in [0.717, 1.165) is 39.8 Å². The zero-order chi connectivity index (χ0) is 17.0. The third-order valence-corrected chi connectivity index (χ3v) is 4.64. The molecule has 1 N–H and O–H groups in total. The maximum atomic E-state index is 4.94. The number of nitrogens with one attached hydrogen (secondary N) is 1. The van der Waals surface area contributed by atoms with Crippen LogP contribution in [-0.4, -0.2) is 35.3 Å². The summed E-state index contributed by atoms with van der Waals surface area (Å²) < 4.78 is 4.09. The van der Waals surface area contributed by atoms with Gasteiger partial charge in [0, 0.05) is 24.8 Å². The largest absolute Gasteiger partial charge is 0.365 e. The van der Waals surface area contributed by atoms with E-state index in [2.05, 4.69) is 45.7 Å². The van der Waals surface area contributed by atoms with Gasteiger partial charge in [-0.2, -0.15) is 5.10 Å². The number of anilines is 1. The SMILES string of the molecule is Cc1nn(C)c(C)c1-c1nc2c(NC3CC3)ncnc2n1C(C)C. The van der Waals surface area contributed by atoms with Crippen LogP contribution < -0.4 is 5.32 Å². The van der Waals surface area contributed by atoms with Crippen LogP contribution in [0, 0.1) is 13.8 Å². The first-order valence-electron chi connectivity index (χ1n) is 8.47. The number of imidazole rings is 1. The van der Waals surface area contributed by atoms with Crippen LogP contribution in [0.5, 0.6) is 0 Å². The number of aryl methyl sites for hydroxylation is 2. The summed E-state index contributed by atoms with van der Waals surface area (Å²) in [5.74, 6) is 1.75. The van der Waals surface area contributed by atoms with E-state index in [0.29, 0.717) is 6.04 Å². The summed E-state index contributed by atoms with van der Waals surface area (Å²) in [6.45, 7) is 8.42. The molecule has 3 heterocycles. The van der Waals surface area contributed by atoms with Crippen LogP contribution in [0.2, 0.25) is 0 Å². The molecule has 0 amide bonds. The highest BCUT2D eigenvalue weighted by Gasteiger charge is 2.26. The highest BCUT2D eigenvalue weighted by Crippen LogP contribution is 2.34. The quantitative estimate of drug-likeness (QED) is 0.798. The Hall–Kier alpha value is -2.44. The molecule has 126 valence electrons. The summed E-state index contributed by atoms with van der Waals surface area (Å²) in [5.41, 5.74) is 4.89. The molecule has 0 radical (unpaired) electrons. The molecule has 7 heteroatoms. The first-order chi connectivity index (χ1) is 11.5. The second-order valence-electron chi connectivity index (χ2n) is 6.88. The summed E-state index contributed by atoms with van der Waals surface area (Å²) in [6, 6.07) is 0.769. The van der Waals surface area contributed by atoms with Gasteiger partial charge in [-0.05, 0) is 40.5 Å². The van der Waals surface area contributed by atoms with Gasteiger partial charge >= 0.3 is 0 Å². The van der Waals surface area contributed by atoms with Gasteiger partial charge in [-0.1, -0.05) is 0 Å². The second-order valence-corrected chi connectivity index (χ2v) is 6.88. The van der Waals surface area contributed by atoms with Gasteiger partial charge < -0.3 is 9.88 Å². The van der Waals surface area contributed by atoms with Crippen LogP contribution in [0.25, 0.3) is 22.6 Å². The molecule has 0 aliphatic heterocycles. The minimum atomic E-state index is 0.243. The van der Waals surface area contributed by atoms with Crippen LogP contribution in [0.15, 0.2) is 6.33 Å². The number of fused-ring (bicyclic) bond motifs is 1. The Morgan fingerprint density at radius 3 is 2.54 bits per heavy atom. The first-order valence-corrected chi connectivity index (χ1v) is 8.47. The highest BCUT2D eigenvalue weighted by atomic mass is 15.3. The highest BCUT2D eigenvalue weighted by molar-refractivity contribution is 5.87. The number of rotatable bonds is 4. The fourth-order valence-corrected chi connectivity index (χ4v) is 3.20. The van der Waals surface area contributed by atoms with Crippen molar-refractivity contribution >= 4 is 17.0 Å². The fourth-order valence-electron chi connectivity index (χ4n) is 3.20. The Kier molecular flexibility index (Phi) is 3.33. The number of hydrogen-bond acceptors (Lipinski definition) is 5. The van der Waals surface area contributed by atoms with Crippen molar-refractivity contribution in [1.29, 1.82) is 0 Å². The van der Waals surface area contributed by atoms with Crippen LogP contribution in [0.4, 0.5) is 5.82 Å². The van der Waals surface area contributed by atoms with Crippen molar-refractivity contribution in [1.82, 2.24) is 29.3 Å². The summed E-state index contributed by atoms with van der Waals surface area (Å²) >= 11 is 0. The summed E-state index contributed by atoms with van der Waals surface area (Å²) in [6.07, 6.45) is 4.02. The van der Waals surface area contributed by atoms with E-state index in [-0.39, 0.29) is 6.04 Å². The molecule has 0 saturated heterocycles. The van der Waals surface area contributed by atoms with Crippen molar-refractivity contribution in [3.63, 3.8) is 0 Å². The van der Waals surface area contributed by atoms with Gasteiger partial charge in [-0.3, -0.25) is 4.68 Å². The average molecular weight is 325 g/mol. The molecule has 4 rings (SSSR count). The van der Waals surface area contributed by atoms with E-state index >= 15 is 0 Å². The Morgan fingerprint density at radius 1 is 1.21 bits per heavy atom. The lowest BCUT2D eigenvalue weighted by atomic mass is 10.2. The number of hydrogen-bond donors (Lipinski definition) is 1. The molecule has 1 fully saturated rings. The predicted molar refractivity (Wildman–Crippen MR) is 94.0 cm³/mol. The fraction of sp³-hybridized carbons (Fsp3) is 0.529. The number of nitrogens with zero attached hydrogens (tertiary/aromatic N) is 6. The molecular formula is C17H23N7. The normalized spacial score (nSPS) is 14.8. The molecule has 7 nitrogen and oxygen atoms in total. The monoisotopic (exact) mass is 325 g/mol. The summed E-state index contributed by atoms with van der Waals surface area (Å²) in [5, 5.41) is 8.03. The lowest BCUT2D eigenvalue weighted by Gasteiger charge is -2.12. The molecule has 3 aromatic rings. The van der Waals surface area contributed by atoms with Gasteiger partial charge in [-0.15, -0.1) is 0 Å². The van der Waals surface area contributed by atoms with Crippen LogP contribution in [0.3, 0.4) is 0 Å². The Balaban J connectivity index is 1.99. The average Bonchev–Trinajstić information content (AvgIpc) is 3.18. The molecule has 0 spiro atoms. The molecule has 24 heavy (non-hydrogen) atoms. The van der Waals surface area contributed by atoms with Crippen LogP contribution >= 0.6 is 0 Å². The van der Waals surface area contributed by atoms with Crippen LogP contribution in [-0.2, 0) is 7.05 Å². The van der Waals surface area contributed by atoms with Crippen molar-refractivity contribution in [3.05, 3.63) is 17.7 Å². The van der Waals surface area contributed by atoms with Gasteiger partial charge in [0.25, 0.3) is 0 Å². The van der Waals surface area contributed by atoms with E-state index in [1.54, 1.807) is 6.33 Å². The molecule has 0 unspecified atom stereocenters. The lowest BCUT2D eigenvalue weighted by molar-refractivity contribution is 0.619. The maximum absolute atomic E-state index is 4.94. The molecule has 0 aromatic carbocycles. The van der Waals surface area contributed by atoms with Gasteiger partial charge in [0.15, 0.2) is 17.0 Å². The summed E-state index contributed by atoms with van der Waals surface area (Å²) in [4.78, 5) is 13.9. The standard InChI is InChI=1S/C17H23N7/c1-9(2)24-16(13-10(3)22-23(5)11(13)4)21-14-15(20-12-6-7-12)18-8-19-17(14)24/h8-9,12H,6-7H2,1-5H3,(H,18,19,20). The van der Waals surface area contributed by atoms with Crippen LogP contribution in [0.1, 0.15) is 44.1 Å². The van der Waals surface area contributed by atoms with Crippen molar-refractivity contribution in [2.45, 2.75) is 52.6 Å². The lowest BCUT2D eigenvalue weighted by Crippen LogP contribution is -2.06. The van der Waals surface area contributed by atoms with E-state index in [4.69, 9.17) is 4.98 Å². The smallest absolute Gasteiger partial charge is 0.166 e. The summed E-state index contributed by atoms with van der Waals surface area (Å²) in [7, 11) is 1.97. The topological polar surface area (TPSA) is 73.5 Å². The third-order valence-electron chi connectivity index (χ3n) is 4.64. The Bertz CT molecular complexity index is 915. The van der Waals surface area contributed by atoms with E-state index < -0.39 is 0 Å². The Morgan fingerprint density at radius 2 is 1.96 bits per heavy atom. The van der Waals surface area contributed by atoms with Crippen molar-refractivity contribution in [3.8, 4) is 11.4 Å². The molecule has 1 saturated carbocycles. The van der Waals surface area contributed by atoms with Gasteiger partial charge in [-0.25, -0.2) is 15.0 Å². The minimum Gasteiger partial charge on any atom is -0.365 e. The molecule has 3 aromatic heterocycles. The molecule has 0 bridgehead atoms. The van der Waals surface area contributed by atoms with E-state index in [9.17, 15) is 0 Å².